The highest BCUT2D eigenvalue weighted by Gasteiger charge is 2.28. The van der Waals surface area contributed by atoms with Crippen LogP contribution in [0.3, 0.4) is 0 Å². The first-order chi connectivity index (χ1) is 9.50. The lowest BCUT2D eigenvalue weighted by Crippen LogP contribution is -2.48. The maximum atomic E-state index is 13.4. The van der Waals surface area contributed by atoms with Gasteiger partial charge >= 0.3 is 0 Å². The summed E-state index contributed by atoms with van der Waals surface area (Å²) >= 11 is 0. The van der Waals surface area contributed by atoms with E-state index in [1.54, 1.807) is 18.2 Å². The number of rotatable bonds is 5. The summed E-state index contributed by atoms with van der Waals surface area (Å²) in [5.74, 6) is -0.293. The van der Waals surface area contributed by atoms with Gasteiger partial charge in [0.05, 0.1) is 0 Å². The summed E-state index contributed by atoms with van der Waals surface area (Å²) in [5, 5.41) is 0. The molecule has 1 atom stereocenters. The summed E-state index contributed by atoms with van der Waals surface area (Å²) in [7, 11) is -3.45. The molecule has 4 nitrogen and oxygen atoms in total. The minimum atomic E-state index is -3.45. The van der Waals surface area contributed by atoms with E-state index in [-0.39, 0.29) is 18.4 Å². The molecule has 0 unspecified atom stereocenters. The lowest BCUT2D eigenvalue weighted by atomic mass is 10.1. The van der Waals surface area contributed by atoms with Gasteiger partial charge in [-0.2, -0.15) is 12.7 Å². The molecule has 1 aliphatic rings. The molecule has 1 fully saturated rings. The van der Waals surface area contributed by atoms with Crippen LogP contribution in [0.5, 0.6) is 0 Å². The Morgan fingerprint density at radius 2 is 2.10 bits per heavy atom. The van der Waals surface area contributed by atoms with Gasteiger partial charge < -0.3 is 0 Å². The molecule has 0 spiro atoms. The molecular weight excluding hydrogens is 279 g/mol. The third kappa shape index (κ3) is 3.77. The summed E-state index contributed by atoms with van der Waals surface area (Å²) in [6.45, 7) is 2.71. The molecule has 0 radical (unpaired) electrons. The third-order valence-corrected chi connectivity index (χ3v) is 5.42. The van der Waals surface area contributed by atoms with E-state index in [0.29, 0.717) is 18.5 Å². The van der Waals surface area contributed by atoms with E-state index in [2.05, 4.69) is 4.72 Å². The van der Waals surface area contributed by atoms with Crippen LogP contribution in [0, 0.1) is 5.82 Å². The maximum absolute atomic E-state index is 13.4. The van der Waals surface area contributed by atoms with Gasteiger partial charge in [0.25, 0.3) is 10.2 Å². The van der Waals surface area contributed by atoms with Crippen molar-refractivity contribution in [2.45, 2.75) is 38.6 Å². The molecular formula is C14H21FN2O2S. The van der Waals surface area contributed by atoms with Gasteiger partial charge in [0.15, 0.2) is 0 Å². The number of halogens is 1. The molecule has 112 valence electrons. The fraction of sp³-hybridized carbons (Fsp3) is 0.571. The van der Waals surface area contributed by atoms with Gasteiger partial charge in [0, 0.05) is 19.1 Å². The van der Waals surface area contributed by atoms with Gasteiger partial charge in [-0.15, -0.1) is 0 Å². The van der Waals surface area contributed by atoms with E-state index in [0.717, 1.165) is 19.3 Å². The van der Waals surface area contributed by atoms with Crippen molar-refractivity contribution in [3.63, 3.8) is 0 Å². The summed E-state index contributed by atoms with van der Waals surface area (Å²) in [6.07, 6.45) is 3.23. The monoisotopic (exact) mass is 300 g/mol. The van der Waals surface area contributed by atoms with Crippen LogP contribution >= 0.6 is 0 Å². The average molecular weight is 300 g/mol. The van der Waals surface area contributed by atoms with Crippen molar-refractivity contribution in [3.05, 3.63) is 35.6 Å². The van der Waals surface area contributed by atoms with Crippen molar-refractivity contribution in [1.29, 1.82) is 0 Å². The number of benzene rings is 1. The highest BCUT2D eigenvalue weighted by molar-refractivity contribution is 7.87. The normalized spacial score (nSPS) is 21.0. The van der Waals surface area contributed by atoms with E-state index < -0.39 is 10.2 Å². The Bertz CT molecular complexity index is 548. The van der Waals surface area contributed by atoms with Gasteiger partial charge in [-0.3, -0.25) is 0 Å². The Labute approximate surface area is 120 Å². The highest BCUT2D eigenvalue weighted by atomic mass is 32.2. The standard InChI is InChI=1S/C14H21FN2O2S/c1-12-6-4-5-11-17(12)20(18,19)16-10-9-13-7-2-3-8-14(13)15/h2-3,7-8,12,16H,4-6,9-11H2,1H3/t12-/m1/s1. The predicted octanol–water partition coefficient (Wildman–Crippen LogP) is 2.08. The SMILES string of the molecule is C[C@@H]1CCCCN1S(=O)(=O)NCCc1ccccc1F. The summed E-state index contributed by atoms with van der Waals surface area (Å²) < 4.78 is 41.9. The zero-order valence-corrected chi connectivity index (χ0v) is 12.5. The fourth-order valence-electron chi connectivity index (χ4n) is 2.53. The number of hydrogen-bond donors (Lipinski definition) is 1. The van der Waals surface area contributed by atoms with Gasteiger partial charge in [-0.25, -0.2) is 9.11 Å². The van der Waals surface area contributed by atoms with E-state index in [1.165, 1.54) is 10.4 Å². The second kappa shape index (κ2) is 6.65. The molecule has 2 rings (SSSR count). The van der Waals surface area contributed by atoms with E-state index in [9.17, 15) is 12.8 Å². The quantitative estimate of drug-likeness (QED) is 0.905. The second-order valence-corrected chi connectivity index (χ2v) is 6.90. The Morgan fingerprint density at radius 3 is 2.80 bits per heavy atom. The van der Waals surface area contributed by atoms with Crippen LogP contribution in [-0.2, 0) is 16.6 Å². The largest absolute Gasteiger partial charge is 0.279 e. The fourth-order valence-corrected chi connectivity index (χ4v) is 4.00. The molecule has 0 saturated carbocycles. The minimum absolute atomic E-state index is 0.0368. The van der Waals surface area contributed by atoms with Gasteiger partial charge in [0.1, 0.15) is 5.82 Å². The van der Waals surface area contributed by atoms with Crippen LogP contribution in [0.1, 0.15) is 31.7 Å². The topological polar surface area (TPSA) is 49.4 Å². The summed E-state index contributed by atoms with van der Waals surface area (Å²) in [5.41, 5.74) is 0.530. The molecule has 1 aliphatic heterocycles. The third-order valence-electron chi connectivity index (χ3n) is 3.69. The van der Waals surface area contributed by atoms with E-state index in [4.69, 9.17) is 0 Å². The zero-order valence-electron chi connectivity index (χ0n) is 11.7. The number of hydrogen-bond acceptors (Lipinski definition) is 2. The molecule has 0 aliphatic carbocycles. The van der Waals surface area contributed by atoms with Crippen molar-refractivity contribution in [2.75, 3.05) is 13.1 Å². The summed E-state index contributed by atoms with van der Waals surface area (Å²) in [4.78, 5) is 0. The highest BCUT2D eigenvalue weighted by Crippen LogP contribution is 2.19. The minimum Gasteiger partial charge on any atom is -0.207 e. The predicted molar refractivity (Wildman–Crippen MR) is 77.0 cm³/mol. The Balaban J connectivity index is 1.91. The summed E-state index contributed by atoms with van der Waals surface area (Å²) in [6, 6.07) is 6.47. The number of piperidine rings is 1. The maximum Gasteiger partial charge on any atom is 0.279 e. The molecule has 1 saturated heterocycles. The molecule has 0 bridgehead atoms. The van der Waals surface area contributed by atoms with Crippen molar-refractivity contribution >= 4 is 10.2 Å². The molecule has 1 N–H and O–H groups in total. The Morgan fingerprint density at radius 1 is 1.35 bits per heavy atom. The molecule has 1 aromatic carbocycles. The molecule has 20 heavy (non-hydrogen) atoms. The Hall–Kier alpha value is -0.980. The molecule has 6 heteroatoms. The van der Waals surface area contributed by atoms with Crippen LogP contribution in [0.2, 0.25) is 0 Å². The molecule has 0 amide bonds. The lowest BCUT2D eigenvalue weighted by Gasteiger charge is -2.32. The van der Waals surface area contributed by atoms with Crippen LogP contribution in [0.15, 0.2) is 24.3 Å². The number of nitrogens with zero attached hydrogens (tertiary/aromatic N) is 1. The van der Waals surface area contributed by atoms with Crippen LogP contribution in [0.4, 0.5) is 4.39 Å². The van der Waals surface area contributed by atoms with Gasteiger partial charge in [0.2, 0.25) is 0 Å². The van der Waals surface area contributed by atoms with Crippen molar-refractivity contribution < 1.29 is 12.8 Å². The Kier molecular flexibility index (Phi) is 5.12. The molecule has 1 aromatic rings. The lowest BCUT2D eigenvalue weighted by molar-refractivity contribution is 0.265. The smallest absolute Gasteiger partial charge is 0.207 e. The van der Waals surface area contributed by atoms with E-state index in [1.807, 2.05) is 6.92 Å². The van der Waals surface area contributed by atoms with Crippen LogP contribution in [-0.4, -0.2) is 31.9 Å². The van der Waals surface area contributed by atoms with Crippen LogP contribution < -0.4 is 4.72 Å². The number of nitrogens with one attached hydrogen (secondary N) is 1. The van der Waals surface area contributed by atoms with Crippen molar-refractivity contribution in [3.8, 4) is 0 Å². The molecule has 1 heterocycles. The first-order valence-electron chi connectivity index (χ1n) is 7.00. The molecule has 0 aromatic heterocycles. The van der Waals surface area contributed by atoms with Gasteiger partial charge in [-0.05, 0) is 37.8 Å². The van der Waals surface area contributed by atoms with Crippen LogP contribution in [0.25, 0.3) is 0 Å². The zero-order chi connectivity index (χ0) is 14.6. The van der Waals surface area contributed by atoms with Crippen molar-refractivity contribution in [2.24, 2.45) is 0 Å². The van der Waals surface area contributed by atoms with E-state index >= 15 is 0 Å². The van der Waals surface area contributed by atoms with Crippen molar-refractivity contribution in [1.82, 2.24) is 9.03 Å². The first kappa shape index (κ1) is 15.4. The first-order valence-corrected chi connectivity index (χ1v) is 8.44. The van der Waals surface area contributed by atoms with Gasteiger partial charge in [-0.1, -0.05) is 24.6 Å². The average Bonchev–Trinajstić information content (AvgIpc) is 2.41. The second-order valence-electron chi connectivity index (χ2n) is 5.20.